The summed E-state index contributed by atoms with van der Waals surface area (Å²) in [6, 6.07) is 0.500. The van der Waals surface area contributed by atoms with Gasteiger partial charge in [0.15, 0.2) is 0 Å². The van der Waals surface area contributed by atoms with Crippen LogP contribution in [0, 0.1) is 5.92 Å². The molecule has 0 spiro atoms. The van der Waals surface area contributed by atoms with Crippen LogP contribution in [0.4, 0.5) is 0 Å². The third-order valence-corrected chi connectivity index (χ3v) is 5.25. The van der Waals surface area contributed by atoms with Crippen LogP contribution in [-0.4, -0.2) is 48.8 Å². The fourth-order valence-corrected chi connectivity index (χ4v) is 3.44. The van der Waals surface area contributed by atoms with E-state index < -0.39 is 0 Å². The van der Waals surface area contributed by atoms with Gasteiger partial charge in [-0.25, -0.2) is 0 Å². The van der Waals surface area contributed by atoms with E-state index in [1.165, 1.54) is 19.3 Å². The normalized spacial score (nSPS) is 39.8. The Morgan fingerprint density at radius 3 is 2.56 bits per heavy atom. The second-order valence-electron chi connectivity index (χ2n) is 6.83. The summed E-state index contributed by atoms with van der Waals surface area (Å²) in [6.45, 7) is 12.5. The van der Waals surface area contributed by atoms with E-state index in [2.05, 4.69) is 37.9 Å². The first-order valence-corrected chi connectivity index (χ1v) is 7.46. The molecule has 1 aliphatic carbocycles. The van der Waals surface area contributed by atoms with Crippen molar-refractivity contribution in [1.82, 2.24) is 10.2 Å². The Kier molecular flexibility index (Phi) is 4.05. The number of hydrogen-bond acceptors (Lipinski definition) is 3. The Hall–Kier alpha value is -0.120. The molecule has 0 bridgehead atoms. The largest absolute Gasteiger partial charge is 0.383 e. The second kappa shape index (κ2) is 5.10. The fraction of sp³-hybridized carbons (Fsp3) is 1.00. The van der Waals surface area contributed by atoms with Gasteiger partial charge in [-0.1, -0.05) is 6.92 Å². The molecule has 0 radical (unpaired) electrons. The Balaban J connectivity index is 2.12. The van der Waals surface area contributed by atoms with Crippen LogP contribution < -0.4 is 5.32 Å². The maximum atomic E-state index is 5.38. The minimum atomic E-state index is 0.270. The van der Waals surface area contributed by atoms with E-state index in [4.69, 9.17) is 4.74 Å². The van der Waals surface area contributed by atoms with Crippen LogP contribution in [0.5, 0.6) is 0 Å². The molecule has 0 aromatic heterocycles. The van der Waals surface area contributed by atoms with Gasteiger partial charge in [0.2, 0.25) is 0 Å². The van der Waals surface area contributed by atoms with Crippen LogP contribution >= 0.6 is 0 Å². The molecule has 2 rings (SSSR count). The van der Waals surface area contributed by atoms with Crippen molar-refractivity contribution in [1.29, 1.82) is 0 Å². The Labute approximate surface area is 112 Å². The van der Waals surface area contributed by atoms with Crippen LogP contribution in [0.15, 0.2) is 0 Å². The zero-order valence-electron chi connectivity index (χ0n) is 12.8. The molecule has 2 aliphatic rings. The molecule has 2 fully saturated rings. The van der Waals surface area contributed by atoms with Crippen molar-refractivity contribution in [3.63, 3.8) is 0 Å². The van der Waals surface area contributed by atoms with Gasteiger partial charge >= 0.3 is 0 Å². The molecule has 0 aromatic rings. The topological polar surface area (TPSA) is 24.5 Å². The molecule has 3 atom stereocenters. The lowest BCUT2D eigenvalue weighted by atomic mass is 9.83. The SMILES string of the molecule is CCC1(C)CNC(C)(C2CC2)CN1C(C)COC. The summed E-state index contributed by atoms with van der Waals surface area (Å²) in [5.41, 5.74) is 0.586. The number of rotatable bonds is 5. The average Bonchev–Trinajstić information content (AvgIpc) is 3.17. The zero-order valence-corrected chi connectivity index (χ0v) is 12.8. The molecule has 3 unspecified atom stereocenters. The van der Waals surface area contributed by atoms with E-state index in [9.17, 15) is 0 Å². The molecular weight excluding hydrogens is 224 g/mol. The highest BCUT2D eigenvalue weighted by Gasteiger charge is 2.49. The molecule has 1 saturated carbocycles. The monoisotopic (exact) mass is 254 g/mol. The first-order chi connectivity index (χ1) is 8.45. The van der Waals surface area contributed by atoms with Gasteiger partial charge in [0, 0.05) is 37.3 Å². The van der Waals surface area contributed by atoms with E-state index in [1.807, 2.05) is 7.11 Å². The van der Waals surface area contributed by atoms with Gasteiger partial charge in [-0.05, 0) is 46.0 Å². The number of methoxy groups -OCH3 is 1. The molecule has 18 heavy (non-hydrogen) atoms. The summed E-state index contributed by atoms with van der Waals surface area (Å²) in [5, 5.41) is 3.84. The van der Waals surface area contributed by atoms with Crippen molar-refractivity contribution in [3.8, 4) is 0 Å². The lowest BCUT2D eigenvalue weighted by molar-refractivity contribution is -0.0370. The third-order valence-electron chi connectivity index (χ3n) is 5.25. The van der Waals surface area contributed by atoms with E-state index in [0.717, 1.165) is 25.6 Å². The standard InChI is InChI=1S/C15H30N2O/c1-6-14(3)10-16-15(4,13-7-8-13)11-17(14)12(2)9-18-5/h12-13,16H,6-11H2,1-5H3. The summed E-state index contributed by atoms with van der Waals surface area (Å²) in [6.07, 6.45) is 3.99. The van der Waals surface area contributed by atoms with Crippen molar-refractivity contribution < 1.29 is 4.74 Å². The lowest BCUT2D eigenvalue weighted by Gasteiger charge is -2.54. The quantitative estimate of drug-likeness (QED) is 0.814. The smallest absolute Gasteiger partial charge is 0.0615 e. The lowest BCUT2D eigenvalue weighted by Crippen LogP contribution is -2.70. The van der Waals surface area contributed by atoms with Crippen LogP contribution in [0.2, 0.25) is 0 Å². The van der Waals surface area contributed by atoms with Crippen molar-refractivity contribution in [2.75, 3.05) is 26.8 Å². The predicted molar refractivity (Wildman–Crippen MR) is 75.9 cm³/mol. The van der Waals surface area contributed by atoms with Crippen molar-refractivity contribution >= 4 is 0 Å². The summed E-state index contributed by atoms with van der Waals surface area (Å²) in [4.78, 5) is 2.69. The number of nitrogens with zero attached hydrogens (tertiary/aromatic N) is 1. The predicted octanol–water partition coefficient (Wildman–Crippen LogP) is 2.26. The number of ether oxygens (including phenoxy) is 1. The molecule has 1 saturated heterocycles. The summed E-state index contributed by atoms with van der Waals surface area (Å²) < 4.78 is 5.38. The van der Waals surface area contributed by atoms with Gasteiger partial charge in [0.25, 0.3) is 0 Å². The van der Waals surface area contributed by atoms with Gasteiger partial charge in [0.1, 0.15) is 0 Å². The minimum absolute atomic E-state index is 0.270. The zero-order chi connectivity index (χ0) is 13.4. The number of nitrogens with one attached hydrogen (secondary N) is 1. The minimum Gasteiger partial charge on any atom is -0.383 e. The van der Waals surface area contributed by atoms with Crippen LogP contribution in [-0.2, 0) is 4.74 Å². The first-order valence-electron chi connectivity index (χ1n) is 7.46. The van der Waals surface area contributed by atoms with E-state index >= 15 is 0 Å². The molecule has 0 aromatic carbocycles. The average molecular weight is 254 g/mol. The Morgan fingerprint density at radius 2 is 2.06 bits per heavy atom. The summed E-state index contributed by atoms with van der Waals surface area (Å²) >= 11 is 0. The summed E-state index contributed by atoms with van der Waals surface area (Å²) in [7, 11) is 1.81. The van der Waals surface area contributed by atoms with Crippen LogP contribution in [0.25, 0.3) is 0 Å². The second-order valence-corrected chi connectivity index (χ2v) is 6.83. The molecule has 1 aliphatic heterocycles. The highest BCUT2D eigenvalue weighted by molar-refractivity contribution is 5.08. The fourth-order valence-electron chi connectivity index (χ4n) is 3.44. The van der Waals surface area contributed by atoms with Gasteiger partial charge in [0.05, 0.1) is 6.61 Å². The molecule has 1 heterocycles. The maximum Gasteiger partial charge on any atom is 0.0615 e. The van der Waals surface area contributed by atoms with Crippen molar-refractivity contribution in [2.24, 2.45) is 5.92 Å². The van der Waals surface area contributed by atoms with E-state index in [1.54, 1.807) is 0 Å². The van der Waals surface area contributed by atoms with E-state index in [-0.39, 0.29) is 5.54 Å². The molecule has 0 amide bonds. The maximum absolute atomic E-state index is 5.38. The first kappa shape index (κ1) is 14.3. The molecule has 3 heteroatoms. The Morgan fingerprint density at radius 1 is 1.39 bits per heavy atom. The molecular formula is C15H30N2O. The molecule has 1 N–H and O–H groups in total. The molecule has 106 valence electrons. The van der Waals surface area contributed by atoms with E-state index in [0.29, 0.717) is 11.6 Å². The molecule has 3 nitrogen and oxygen atoms in total. The van der Waals surface area contributed by atoms with Crippen molar-refractivity contribution in [2.45, 2.75) is 64.1 Å². The highest BCUT2D eigenvalue weighted by atomic mass is 16.5. The third kappa shape index (κ3) is 2.59. The van der Waals surface area contributed by atoms with Gasteiger partial charge < -0.3 is 10.1 Å². The van der Waals surface area contributed by atoms with Crippen LogP contribution in [0.3, 0.4) is 0 Å². The van der Waals surface area contributed by atoms with Crippen LogP contribution in [0.1, 0.15) is 47.0 Å². The van der Waals surface area contributed by atoms with Crippen molar-refractivity contribution in [3.05, 3.63) is 0 Å². The number of hydrogen-bond donors (Lipinski definition) is 1. The van der Waals surface area contributed by atoms with Gasteiger partial charge in [-0.15, -0.1) is 0 Å². The van der Waals surface area contributed by atoms with Gasteiger partial charge in [-0.3, -0.25) is 4.90 Å². The Bertz CT molecular complexity index is 292. The highest BCUT2D eigenvalue weighted by Crippen LogP contribution is 2.43. The van der Waals surface area contributed by atoms with Gasteiger partial charge in [-0.2, -0.15) is 0 Å². The number of piperazine rings is 1. The summed E-state index contributed by atoms with van der Waals surface area (Å²) in [5.74, 6) is 0.885.